The largest absolute Gasteiger partial charge is 0.465 e. The van der Waals surface area contributed by atoms with Gasteiger partial charge in [-0.05, 0) is 48.9 Å². The zero-order chi connectivity index (χ0) is 23.3. The van der Waals surface area contributed by atoms with Crippen LogP contribution in [0.25, 0.3) is 0 Å². The van der Waals surface area contributed by atoms with E-state index in [1.807, 2.05) is 31.2 Å². The Labute approximate surface area is 187 Å². The van der Waals surface area contributed by atoms with E-state index in [9.17, 15) is 18.0 Å². The maximum Gasteiger partial charge on any atom is 0.339 e. The summed E-state index contributed by atoms with van der Waals surface area (Å²) in [5.41, 5.74) is 3.26. The first kappa shape index (κ1) is 23.0. The standard InChI is InChI=1S/C24H24N2O5S/c1-17-8-10-18(11-9-17)16-26(32(3,29)30)20-14-12-19(13-15-20)23(27)25-22-7-5-4-6-21(22)24(28)31-2/h4-15H,16H2,1-3H3,(H,25,27). The van der Waals surface area contributed by atoms with Crippen molar-refractivity contribution in [1.29, 1.82) is 0 Å². The molecular formula is C24H24N2O5S. The van der Waals surface area contributed by atoms with E-state index in [1.165, 1.54) is 11.4 Å². The maximum atomic E-state index is 12.7. The SMILES string of the molecule is COC(=O)c1ccccc1NC(=O)c1ccc(N(Cc2ccc(C)cc2)S(C)(=O)=O)cc1. The number of rotatable bonds is 7. The molecule has 32 heavy (non-hydrogen) atoms. The number of carbonyl (C=O) groups is 2. The highest BCUT2D eigenvalue weighted by atomic mass is 32.2. The molecule has 0 spiro atoms. The molecule has 1 amide bonds. The highest BCUT2D eigenvalue weighted by Gasteiger charge is 2.19. The molecule has 0 aliphatic carbocycles. The lowest BCUT2D eigenvalue weighted by Crippen LogP contribution is -2.29. The molecule has 3 aromatic carbocycles. The van der Waals surface area contributed by atoms with Crippen LogP contribution >= 0.6 is 0 Å². The van der Waals surface area contributed by atoms with Crippen LogP contribution < -0.4 is 9.62 Å². The molecule has 3 aromatic rings. The smallest absolute Gasteiger partial charge is 0.339 e. The van der Waals surface area contributed by atoms with Gasteiger partial charge in [0.2, 0.25) is 10.0 Å². The summed E-state index contributed by atoms with van der Waals surface area (Å²) < 4.78 is 30.8. The Morgan fingerprint density at radius 1 is 0.938 bits per heavy atom. The third kappa shape index (κ3) is 5.53. The van der Waals surface area contributed by atoms with Crippen molar-refractivity contribution in [2.24, 2.45) is 0 Å². The van der Waals surface area contributed by atoms with Crippen molar-refractivity contribution in [3.8, 4) is 0 Å². The number of nitrogens with zero attached hydrogens (tertiary/aromatic N) is 1. The van der Waals surface area contributed by atoms with Crippen molar-refractivity contribution in [2.45, 2.75) is 13.5 Å². The van der Waals surface area contributed by atoms with Crippen LogP contribution in [0.3, 0.4) is 0 Å². The third-order valence-electron chi connectivity index (χ3n) is 4.85. The highest BCUT2D eigenvalue weighted by molar-refractivity contribution is 7.92. The molecule has 0 bridgehead atoms. The van der Waals surface area contributed by atoms with Gasteiger partial charge in [-0.2, -0.15) is 0 Å². The van der Waals surface area contributed by atoms with Crippen molar-refractivity contribution in [1.82, 2.24) is 0 Å². The molecule has 1 N–H and O–H groups in total. The highest BCUT2D eigenvalue weighted by Crippen LogP contribution is 2.23. The Balaban J connectivity index is 1.82. The van der Waals surface area contributed by atoms with E-state index in [1.54, 1.807) is 48.5 Å². The van der Waals surface area contributed by atoms with Crippen LogP contribution in [0.5, 0.6) is 0 Å². The van der Waals surface area contributed by atoms with Crippen LogP contribution in [0.2, 0.25) is 0 Å². The number of nitrogens with one attached hydrogen (secondary N) is 1. The summed E-state index contributed by atoms with van der Waals surface area (Å²) >= 11 is 0. The van der Waals surface area contributed by atoms with Crippen LogP contribution in [-0.4, -0.2) is 33.7 Å². The number of esters is 1. The molecule has 166 valence electrons. The predicted octanol–water partition coefficient (Wildman–Crippen LogP) is 4.00. The van der Waals surface area contributed by atoms with Gasteiger partial charge in [0.05, 0.1) is 36.8 Å². The topological polar surface area (TPSA) is 92.8 Å². The number of hydrogen-bond acceptors (Lipinski definition) is 5. The van der Waals surface area contributed by atoms with Gasteiger partial charge in [-0.25, -0.2) is 13.2 Å². The minimum atomic E-state index is -3.54. The van der Waals surface area contributed by atoms with Crippen molar-refractivity contribution in [3.05, 3.63) is 95.1 Å². The molecule has 0 saturated carbocycles. The van der Waals surface area contributed by atoms with E-state index in [0.29, 0.717) is 16.9 Å². The van der Waals surface area contributed by atoms with Gasteiger partial charge in [0, 0.05) is 5.56 Å². The van der Waals surface area contributed by atoms with Gasteiger partial charge in [0.1, 0.15) is 0 Å². The third-order valence-corrected chi connectivity index (χ3v) is 5.99. The first-order chi connectivity index (χ1) is 15.2. The average Bonchev–Trinajstić information content (AvgIpc) is 2.78. The monoisotopic (exact) mass is 452 g/mol. The summed E-state index contributed by atoms with van der Waals surface area (Å²) in [5.74, 6) is -0.992. The summed E-state index contributed by atoms with van der Waals surface area (Å²) in [6.07, 6.45) is 1.14. The van der Waals surface area contributed by atoms with Crippen molar-refractivity contribution < 1.29 is 22.7 Å². The van der Waals surface area contributed by atoms with Gasteiger partial charge in [-0.15, -0.1) is 0 Å². The van der Waals surface area contributed by atoms with Crippen molar-refractivity contribution in [3.63, 3.8) is 0 Å². The Morgan fingerprint density at radius 3 is 2.16 bits per heavy atom. The Morgan fingerprint density at radius 2 is 1.56 bits per heavy atom. The Kier molecular flexibility index (Phi) is 6.95. The summed E-state index contributed by atoms with van der Waals surface area (Å²) in [7, 11) is -2.28. The second-order valence-electron chi connectivity index (χ2n) is 7.29. The zero-order valence-corrected chi connectivity index (χ0v) is 18.8. The van der Waals surface area contributed by atoms with Crippen molar-refractivity contribution >= 4 is 33.3 Å². The summed E-state index contributed by atoms with van der Waals surface area (Å²) in [4.78, 5) is 24.6. The molecule has 0 radical (unpaired) electrons. The fourth-order valence-electron chi connectivity index (χ4n) is 3.11. The molecule has 0 aromatic heterocycles. The number of carbonyl (C=O) groups excluding carboxylic acids is 2. The zero-order valence-electron chi connectivity index (χ0n) is 18.0. The fraction of sp³-hybridized carbons (Fsp3) is 0.167. The van der Waals surface area contributed by atoms with Crippen molar-refractivity contribution in [2.75, 3.05) is 23.0 Å². The normalized spacial score (nSPS) is 11.0. The number of ether oxygens (including phenoxy) is 1. The lowest BCUT2D eigenvalue weighted by Gasteiger charge is -2.23. The minimum absolute atomic E-state index is 0.178. The van der Waals surface area contributed by atoms with E-state index in [4.69, 9.17) is 4.74 Å². The quantitative estimate of drug-likeness (QED) is 0.547. The number of methoxy groups -OCH3 is 1. The molecule has 0 unspecified atom stereocenters. The summed E-state index contributed by atoms with van der Waals surface area (Å²) in [6, 6.07) is 20.4. The average molecular weight is 453 g/mol. The maximum absolute atomic E-state index is 12.7. The molecular weight excluding hydrogens is 428 g/mol. The number of anilines is 2. The number of sulfonamides is 1. The molecule has 8 heteroatoms. The second kappa shape index (κ2) is 9.65. The molecule has 0 heterocycles. The van der Waals surface area contributed by atoms with E-state index >= 15 is 0 Å². The first-order valence-corrected chi connectivity index (χ1v) is 11.7. The second-order valence-corrected chi connectivity index (χ2v) is 9.20. The van der Waals surface area contributed by atoms with E-state index in [-0.39, 0.29) is 12.1 Å². The number of para-hydroxylation sites is 1. The lowest BCUT2D eigenvalue weighted by atomic mass is 10.1. The molecule has 7 nitrogen and oxygen atoms in total. The van der Waals surface area contributed by atoms with Crippen LogP contribution in [0.15, 0.2) is 72.8 Å². The number of hydrogen-bond donors (Lipinski definition) is 1. The summed E-state index contributed by atoms with van der Waals surface area (Å²) in [6.45, 7) is 2.14. The molecule has 3 rings (SSSR count). The van der Waals surface area contributed by atoms with Gasteiger partial charge in [0.25, 0.3) is 5.91 Å². The van der Waals surface area contributed by atoms with Crippen LogP contribution in [0.1, 0.15) is 31.8 Å². The van der Waals surface area contributed by atoms with Gasteiger partial charge >= 0.3 is 5.97 Å². The van der Waals surface area contributed by atoms with Crippen LogP contribution in [0, 0.1) is 6.92 Å². The minimum Gasteiger partial charge on any atom is -0.465 e. The van der Waals surface area contributed by atoms with E-state index in [0.717, 1.165) is 17.4 Å². The molecule has 0 aliphatic heterocycles. The number of benzene rings is 3. The van der Waals surface area contributed by atoms with E-state index in [2.05, 4.69) is 5.32 Å². The van der Waals surface area contributed by atoms with Gasteiger partial charge in [-0.1, -0.05) is 42.0 Å². The van der Waals surface area contributed by atoms with Crippen LogP contribution in [-0.2, 0) is 21.3 Å². The Bertz CT molecular complexity index is 1220. The Hall–Kier alpha value is -3.65. The lowest BCUT2D eigenvalue weighted by molar-refractivity contribution is 0.0602. The first-order valence-electron chi connectivity index (χ1n) is 9.81. The summed E-state index contributed by atoms with van der Waals surface area (Å²) in [5, 5.41) is 2.69. The molecule has 0 fully saturated rings. The predicted molar refractivity (Wildman–Crippen MR) is 124 cm³/mol. The van der Waals surface area contributed by atoms with Gasteiger partial charge < -0.3 is 10.1 Å². The van der Waals surface area contributed by atoms with Crippen LogP contribution in [0.4, 0.5) is 11.4 Å². The van der Waals surface area contributed by atoms with E-state index < -0.39 is 21.9 Å². The number of amides is 1. The molecule has 0 atom stereocenters. The van der Waals surface area contributed by atoms with Gasteiger partial charge in [0.15, 0.2) is 0 Å². The molecule has 0 aliphatic rings. The fourth-order valence-corrected chi connectivity index (χ4v) is 4.00. The van der Waals surface area contributed by atoms with Gasteiger partial charge in [-0.3, -0.25) is 9.10 Å². The number of aryl methyl sites for hydroxylation is 1. The molecule has 0 saturated heterocycles.